The first-order valence-corrected chi connectivity index (χ1v) is 7.13. The van der Waals surface area contributed by atoms with Crippen LogP contribution in [0.25, 0.3) is 0 Å². The Morgan fingerprint density at radius 1 is 1.00 bits per heavy atom. The van der Waals surface area contributed by atoms with E-state index in [1.165, 1.54) is 57.1 Å². The van der Waals surface area contributed by atoms with Gasteiger partial charge in [0, 0.05) is 5.75 Å². The summed E-state index contributed by atoms with van der Waals surface area (Å²) in [6.07, 6.45) is 12.8. The molecule has 1 heteroatoms. The molecule has 0 radical (unpaired) electrons. The summed E-state index contributed by atoms with van der Waals surface area (Å²) in [5.74, 6) is 4.03. The molecule has 0 rings (SSSR count). The second-order valence-corrected chi connectivity index (χ2v) is 4.67. The molecule has 86 valence electrons. The Bertz CT molecular complexity index is 185. The summed E-state index contributed by atoms with van der Waals surface area (Å²) in [4.78, 5) is 0. The van der Waals surface area contributed by atoms with Crippen molar-refractivity contribution in [2.45, 2.75) is 58.3 Å². The molecule has 0 saturated carbocycles. The van der Waals surface area contributed by atoms with Crippen LogP contribution in [0.2, 0.25) is 0 Å². The van der Waals surface area contributed by atoms with E-state index in [4.69, 9.17) is 0 Å². The minimum atomic E-state index is 1.18. The maximum absolute atomic E-state index is 3.56. The van der Waals surface area contributed by atoms with Crippen molar-refractivity contribution >= 4 is 11.8 Å². The van der Waals surface area contributed by atoms with Crippen LogP contribution in [0, 0.1) is 11.2 Å². The Balaban J connectivity index is 2.95. The first-order valence-electron chi connectivity index (χ1n) is 6.15. The smallest absolute Gasteiger partial charge is 0.00568 e. The number of hydrogen-bond acceptors (Lipinski definition) is 1. The highest BCUT2D eigenvalue weighted by Gasteiger charge is 1.90. The van der Waals surface area contributed by atoms with Gasteiger partial charge in [-0.15, -0.1) is 0 Å². The number of thioether (sulfide) groups is 1. The van der Waals surface area contributed by atoms with Gasteiger partial charge in [-0.25, -0.2) is 0 Å². The van der Waals surface area contributed by atoms with Crippen LogP contribution in [-0.2, 0) is 0 Å². The van der Waals surface area contributed by atoms with Crippen LogP contribution in [0.15, 0.2) is 12.7 Å². The molecule has 0 aliphatic carbocycles. The first kappa shape index (κ1) is 14.6. The van der Waals surface area contributed by atoms with Crippen LogP contribution < -0.4 is 0 Å². The fourth-order valence-corrected chi connectivity index (χ4v) is 2.06. The minimum absolute atomic E-state index is 1.18. The highest BCUT2D eigenvalue weighted by Crippen LogP contribution is 2.10. The zero-order valence-electron chi connectivity index (χ0n) is 10.1. The second-order valence-electron chi connectivity index (χ2n) is 3.77. The van der Waals surface area contributed by atoms with E-state index in [9.17, 15) is 0 Å². The van der Waals surface area contributed by atoms with Gasteiger partial charge in [0.05, 0.1) is 0 Å². The topological polar surface area (TPSA) is 0 Å². The summed E-state index contributed by atoms with van der Waals surface area (Å²) >= 11 is 1.72. The summed E-state index contributed by atoms with van der Waals surface area (Å²) in [5.41, 5.74) is 0. The van der Waals surface area contributed by atoms with E-state index in [1.54, 1.807) is 17.8 Å². The first-order chi connectivity index (χ1) is 7.41. The Morgan fingerprint density at radius 3 is 2.20 bits per heavy atom. The van der Waals surface area contributed by atoms with Gasteiger partial charge < -0.3 is 0 Å². The van der Waals surface area contributed by atoms with Gasteiger partial charge in [-0.05, 0) is 17.7 Å². The van der Waals surface area contributed by atoms with E-state index < -0.39 is 0 Å². The summed E-state index contributed by atoms with van der Waals surface area (Å²) in [5, 5.41) is 3.00. The standard InChI is InChI=1S/C14H24S/c1-3-5-7-8-9-10-11-12-14-15-13-6-4-2/h4H,2-3,5,7-12,14H2,1H3. The van der Waals surface area contributed by atoms with E-state index in [1.807, 2.05) is 0 Å². The maximum atomic E-state index is 3.56. The molecule has 0 aliphatic heterocycles. The van der Waals surface area contributed by atoms with Crippen LogP contribution in [0.1, 0.15) is 58.3 Å². The zero-order valence-corrected chi connectivity index (χ0v) is 10.9. The maximum Gasteiger partial charge on any atom is 0.00568 e. The van der Waals surface area contributed by atoms with Crippen LogP contribution in [-0.4, -0.2) is 5.75 Å². The Hall–Kier alpha value is -0.350. The number of allylic oxidation sites excluding steroid dienone is 1. The second kappa shape index (κ2) is 13.7. The van der Waals surface area contributed by atoms with Gasteiger partial charge in [-0.2, -0.15) is 0 Å². The van der Waals surface area contributed by atoms with E-state index in [0.29, 0.717) is 0 Å². The van der Waals surface area contributed by atoms with Crippen molar-refractivity contribution in [3.05, 3.63) is 12.7 Å². The van der Waals surface area contributed by atoms with E-state index in [-0.39, 0.29) is 0 Å². The Morgan fingerprint density at radius 2 is 1.60 bits per heavy atom. The predicted octanol–water partition coefficient (Wildman–Crippen LogP) is 5.01. The number of unbranched alkanes of at least 4 members (excludes halogenated alkanes) is 7. The van der Waals surface area contributed by atoms with Crippen molar-refractivity contribution in [3.63, 3.8) is 0 Å². The van der Waals surface area contributed by atoms with Crippen molar-refractivity contribution in [2.75, 3.05) is 5.75 Å². The van der Waals surface area contributed by atoms with Crippen molar-refractivity contribution in [1.82, 2.24) is 0 Å². The van der Waals surface area contributed by atoms with Gasteiger partial charge in [0.1, 0.15) is 0 Å². The summed E-state index contributed by atoms with van der Waals surface area (Å²) in [6.45, 7) is 5.82. The predicted molar refractivity (Wildman–Crippen MR) is 73.0 cm³/mol. The average Bonchev–Trinajstić information content (AvgIpc) is 2.26. The van der Waals surface area contributed by atoms with Gasteiger partial charge in [0.25, 0.3) is 0 Å². The monoisotopic (exact) mass is 224 g/mol. The molecule has 0 aromatic heterocycles. The largest absolute Gasteiger partial charge is 0.0906 e. The normalized spacial score (nSPS) is 9.40. The van der Waals surface area contributed by atoms with Gasteiger partial charge in [-0.3, -0.25) is 0 Å². The molecule has 0 fully saturated rings. The zero-order chi connectivity index (χ0) is 11.2. The van der Waals surface area contributed by atoms with Gasteiger partial charge in [0.2, 0.25) is 0 Å². The average molecular weight is 224 g/mol. The van der Waals surface area contributed by atoms with Crippen molar-refractivity contribution in [1.29, 1.82) is 0 Å². The molecular formula is C14H24S. The Kier molecular flexibility index (Phi) is 13.3. The molecule has 0 atom stereocenters. The van der Waals surface area contributed by atoms with Crippen LogP contribution in [0.3, 0.4) is 0 Å². The van der Waals surface area contributed by atoms with Crippen LogP contribution in [0.4, 0.5) is 0 Å². The van der Waals surface area contributed by atoms with E-state index in [2.05, 4.69) is 24.7 Å². The van der Waals surface area contributed by atoms with Gasteiger partial charge >= 0.3 is 0 Å². The molecule has 0 aromatic rings. The van der Waals surface area contributed by atoms with E-state index in [0.717, 1.165) is 0 Å². The lowest BCUT2D eigenvalue weighted by Gasteiger charge is -1.99. The molecule has 0 amide bonds. The molecule has 0 aliphatic rings. The molecule has 0 nitrogen and oxygen atoms in total. The highest BCUT2D eigenvalue weighted by atomic mass is 32.2. The molecule has 0 unspecified atom stereocenters. The Labute approximate surface area is 99.9 Å². The molecule has 15 heavy (non-hydrogen) atoms. The fraction of sp³-hybridized carbons (Fsp3) is 0.714. The molecule has 0 spiro atoms. The van der Waals surface area contributed by atoms with Crippen molar-refractivity contribution in [2.24, 2.45) is 0 Å². The van der Waals surface area contributed by atoms with Crippen molar-refractivity contribution < 1.29 is 0 Å². The van der Waals surface area contributed by atoms with E-state index >= 15 is 0 Å². The third kappa shape index (κ3) is 13.7. The summed E-state index contributed by atoms with van der Waals surface area (Å²) in [6, 6.07) is 0. The lowest BCUT2D eigenvalue weighted by Crippen LogP contribution is -1.82. The molecule has 0 bridgehead atoms. The lowest BCUT2D eigenvalue weighted by molar-refractivity contribution is 0.586. The number of rotatable bonds is 9. The number of hydrogen-bond donors (Lipinski definition) is 0. The molecule has 0 N–H and O–H groups in total. The summed E-state index contributed by atoms with van der Waals surface area (Å²) < 4.78 is 0. The third-order valence-corrected chi connectivity index (χ3v) is 3.09. The fourth-order valence-electron chi connectivity index (χ4n) is 1.44. The quantitative estimate of drug-likeness (QED) is 0.392. The lowest BCUT2D eigenvalue weighted by atomic mass is 10.1. The molecular weight excluding hydrogens is 200 g/mol. The minimum Gasteiger partial charge on any atom is -0.0906 e. The molecule has 0 heterocycles. The summed E-state index contributed by atoms with van der Waals surface area (Å²) in [7, 11) is 0. The van der Waals surface area contributed by atoms with Crippen molar-refractivity contribution in [3.8, 4) is 11.2 Å². The third-order valence-electron chi connectivity index (χ3n) is 2.33. The van der Waals surface area contributed by atoms with Gasteiger partial charge in [-0.1, -0.05) is 76.1 Å². The highest BCUT2D eigenvalue weighted by molar-refractivity contribution is 8.03. The van der Waals surface area contributed by atoms with Gasteiger partial charge in [0.15, 0.2) is 0 Å². The van der Waals surface area contributed by atoms with Crippen LogP contribution >= 0.6 is 11.8 Å². The van der Waals surface area contributed by atoms with Crippen LogP contribution in [0.5, 0.6) is 0 Å². The SMILES string of the molecule is C=CC#CSCCCCCCCCCC. The molecule has 0 aromatic carbocycles. The molecule has 0 saturated heterocycles.